The largest absolute Gasteiger partial charge is 0.481 e. The van der Waals surface area contributed by atoms with Crippen molar-refractivity contribution in [1.82, 2.24) is 5.32 Å². The topological polar surface area (TPSA) is 91.1 Å². The van der Waals surface area contributed by atoms with Crippen molar-refractivity contribution in [3.05, 3.63) is 0 Å². The van der Waals surface area contributed by atoms with E-state index in [0.717, 1.165) is 43.2 Å². The number of rotatable bonds is 3. The lowest BCUT2D eigenvalue weighted by Gasteiger charge is -1.97. The van der Waals surface area contributed by atoms with Crippen LogP contribution in [-0.4, -0.2) is 33.1 Å². The Morgan fingerprint density at radius 3 is 2.76 bits per heavy atom. The average molecular weight is 255 g/mol. The minimum Gasteiger partial charge on any atom is -0.481 e. The summed E-state index contributed by atoms with van der Waals surface area (Å²) in [4.78, 5) is 21.9. The number of carboxylic acid groups (broad SMARTS) is 1. The Morgan fingerprint density at radius 2 is 2.12 bits per heavy atom. The van der Waals surface area contributed by atoms with Crippen molar-refractivity contribution in [2.45, 2.75) is 37.4 Å². The Balaban J connectivity index is 1.95. The fourth-order valence-electron chi connectivity index (χ4n) is 1.74. The normalized spacial score (nSPS) is 26.4. The Kier molecular flexibility index (Phi) is 3.78. The average Bonchev–Trinajstić information content (AvgIpc) is 2.86. The molecule has 1 heterocycles. The van der Waals surface area contributed by atoms with Crippen molar-refractivity contribution in [2.24, 2.45) is 10.2 Å². The number of amidine groups is 1. The van der Waals surface area contributed by atoms with Gasteiger partial charge in [0, 0.05) is 5.71 Å². The van der Waals surface area contributed by atoms with Crippen LogP contribution in [0.5, 0.6) is 0 Å². The second kappa shape index (κ2) is 5.31. The molecule has 0 unspecified atom stereocenters. The molecule has 1 aliphatic heterocycles. The Hall–Kier alpha value is -1.37. The van der Waals surface area contributed by atoms with Gasteiger partial charge in [0.2, 0.25) is 5.91 Å². The summed E-state index contributed by atoms with van der Waals surface area (Å²) in [6, 6.07) is 0. The molecule has 92 valence electrons. The second-order valence-electron chi connectivity index (χ2n) is 3.97. The molecule has 2 N–H and O–H groups in total. The van der Waals surface area contributed by atoms with Gasteiger partial charge in [0.05, 0.1) is 6.42 Å². The number of thioether (sulfide) groups is 1. The molecule has 2 rings (SSSR count). The smallest absolute Gasteiger partial charge is 0.305 e. The molecule has 6 nitrogen and oxygen atoms in total. The highest BCUT2D eigenvalue weighted by atomic mass is 32.2. The summed E-state index contributed by atoms with van der Waals surface area (Å²) in [5.74, 6) is -1.29. The Bertz CT molecular complexity index is 398. The summed E-state index contributed by atoms with van der Waals surface area (Å²) >= 11 is 1.13. The van der Waals surface area contributed by atoms with Crippen LogP contribution in [0.15, 0.2) is 10.2 Å². The third kappa shape index (κ3) is 3.29. The highest BCUT2D eigenvalue weighted by Crippen LogP contribution is 2.23. The molecule has 2 aliphatic rings. The standard InChI is InChI=1S/C10H13N3O3S/c14-8(15)5-7-9(16)11-10(17-7)13-12-6-3-1-2-4-6/h7H,1-5H2,(H,14,15)(H,11,13,16)/t7-/m0/s1. The highest BCUT2D eigenvalue weighted by Gasteiger charge is 2.32. The molecule has 0 spiro atoms. The van der Waals surface area contributed by atoms with Crippen LogP contribution in [0.4, 0.5) is 0 Å². The van der Waals surface area contributed by atoms with Crippen molar-refractivity contribution < 1.29 is 14.7 Å². The van der Waals surface area contributed by atoms with E-state index in [1.54, 1.807) is 0 Å². The number of nitrogens with zero attached hydrogens (tertiary/aromatic N) is 2. The lowest BCUT2D eigenvalue weighted by Crippen LogP contribution is -2.26. The molecule has 0 aromatic carbocycles. The molecule has 0 bridgehead atoms. The van der Waals surface area contributed by atoms with Gasteiger partial charge in [-0.1, -0.05) is 11.8 Å². The number of nitrogens with one attached hydrogen (secondary N) is 1. The molecule has 0 aromatic heterocycles. The summed E-state index contributed by atoms with van der Waals surface area (Å²) in [6.07, 6.45) is 4.03. The van der Waals surface area contributed by atoms with E-state index in [9.17, 15) is 9.59 Å². The van der Waals surface area contributed by atoms with Crippen LogP contribution in [0.25, 0.3) is 0 Å². The number of carbonyl (C=O) groups is 2. The first-order valence-corrected chi connectivity index (χ1v) is 6.36. The summed E-state index contributed by atoms with van der Waals surface area (Å²) < 4.78 is 0. The zero-order valence-corrected chi connectivity index (χ0v) is 10.00. The van der Waals surface area contributed by atoms with Gasteiger partial charge in [-0.05, 0) is 25.7 Å². The molecule has 17 heavy (non-hydrogen) atoms. The maximum absolute atomic E-state index is 11.4. The van der Waals surface area contributed by atoms with Crippen LogP contribution >= 0.6 is 11.8 Å². The summed E-state index contributed by atoms with van der Waals surface area (Å²) in [5.41, 5.74) is 1.05. The predicted octanol–water partition coefficient (Wildman–Crippen LogP) is 0.979. The van der Waals surface area contributed by atoms with Gasteiger partial charge in [-0.25, -0.2) is 0 Å². The Morgan fingerprint density at radius 1 is 1.41 bits per heavy atom. The van der Waals surface area contributed by atoms with E-state index in [1.165, 1.54) is 0 Å². The summed E-state index contributed by atoms with van der Waals surface area (Å²) in [5, 5.41) is 19.0. The van der Waals surface area contributed by atoms with Gasteiger partial charge in [-0.3, -0.25) is 9.59 Å². The highest BCUT2D eigenvalue weighted by molar-refractivity contribution is 8.15. The van der Waals surface area contributed by atoms with Gasteiger partial charge in [0.1, 0.15) is 5.25 Å². The lowest BCUT2D eigenvalue weighted by atomic mass is 10.3. The molecule has 1 saturated heterocycles. The van der Waals surface area contributed by atoms with E-state index >= 15 is 0 Å². The predicted molar refractivity (Wildman–Crippen MR) is 65.1 cm³/mol. The molecular weight excluding hydrogens is 242 g/mol. The van der Waals surface area contributed by atoms with Gasteiger partial charge < -0.3 is 10.4 Å². The van der Waals surface area contributed by atoms with Crippen molar-refractivity contribution in [3.63, 3.8) is 0 Å². The van der Waals surface area contributed by atoms with Gasteiger partial charge in [-0.2, -0.15) is 5.10 Å². The van der Waals surface area contributed by atoms with Crippen molar-refractivity contribution in [2.75, 3.05) is 0 Å². The molecule has 2 fully saturated rings. The van der Waals surface area contributed by atoms with Gasteiger partial charge in [0.25, 0.3) is 0 Å². The molecule has 1 amide bonds. The molecule has 1 aliphatic carbocycles. The fourth-order valence-corrected chi connectivity index (χ4v) is 2.65. The van der Waals surface area contributed by atoms with Gasteiger partial charge in [0.15, 0.2) is 5.17 Å². The van der Waals surface area contributed by atoms with E-state index in [0.29, 0.717) is 5.17 Å². The van der Waals surface area contributed by atoms with Crippen LogP contribution in [0, 0.1) is 0 Å². The minimum atomic E-state index is -0.985. The van der Waals surface area contributed by atoms with Crippen LogP contribution in [0.1, 0.15) is 32.1 Å². The van der Waals surface area contributed by atoms with E-state index in [4.69, 9.17) is 5.11 Å². The third-order valence-electron chi connectivity index (χ3n) is 2.60. The van der Waals surface area contributed by atoms with Crippen LogP contribution in [0.3, 0.4) is 0 Å². The van der Waals surface area contributed by atoms with E-state index in [1.807, 2.05) is 0 Å². The van der Waals surface area contributed by atoms with E-state index in [-0.39, 0.29) is 12.3 Å². The zero-order valence-electron chi connectivity index (χ0n) is 9.18. The Labute approximate surface area is 103 Å². The van der Waals surface area contributed by atoms with Crippen LogP contribution < -0.4 is 5.32 Å². The van der Waals surface area contributed by atoms with Crippen molar-refractivity contribution >= 4 is 34.5 Å². The number of hydrogen-bond acceptors (Lipinski definition) is 5. The molecule has 0 aromatic rings. The maximum atomic E-state index is 11.4. The fraction of sp³-hybridized carbons (Fsp3) is 0.600. The zero-order chi connectivity index (χ0) is 12.3. The van der Waals surface area contributed by atoms with E-state index < -0.39 is 11.2 Å². The summed E-state index contributed by atoms with van der Waals surface area (Å²) in [7, 11) is 0. The molecule has 1 saturated carbocycles. The maximum Gasteiger partial charge on any atom is 0.305 e. The first-order chi connectivity index (χ1) is 8.15. The first kappa shape index (κ1) is 12.1. The van der Waals surface area contributed by atoms with E-state index in [2.05, 4.69) is 15.5 Å². The monoisotopic (exact) mass is 255 g/mol. The number of aliphatic carboxylic acids is 1. The molecule has 0 radical (unpaired) electrons. The quantitative estimate of drug-likeness (QED) is 0.735. The van der Waals surface area contributed by atoms with Crippen molar-refractivity contribution in [3.8, 4) is 0 Å². The van der Waals surface area contributed by atoms with Crippen LogP contribution in [0.2, 0.25) is 0 Å². The first-order valence-electron chi connectivity index (χ1n) is 5.48. The van der Waals surface area contributed by atoms with Gasteiger partial charge in [-0.15, -0.1) is 5.10 Å². The van der Waals surface area contributed by atoms with Crippen molar-refractivity contribution in [1.29, 1.82) is 0 Å². The molecule has 1 atom stereocenters. The number of hydrogen-bond donors (Lipinski definition) is 2. The number of amides is 1. The number of carbonyl (C=O) groups excluding carboxylic acids is 1. The van der Waals surface area contributed by atoms with Crippen LogP contribution in [-0.2, 0) is 9.59 Å². The minimum absolute atomic E-state index is 0.188. The second-order valence-corrected chi connectivity index (χ2v) is 5.16. The number of carboxylic acids is 1. The molecular formula is C10H13N3O3S. The lowest BCUT2D eigenvalue weighted by molar-refractivity contribution is -0.138. The SMILES string of the molecule is O=C(O)C[C@@H]1S/C(=N\N=C2CCCC2)NC1=O. The van der Waals surface area contributed by atoms with Gasteiger partial charge >= 0.3 is 5.97 Å². The third-order valence-corrected chi connectivity index (χ3v) is 3.67. The molecule has 7 heteroatoms. The summed E-state index contributed by atoms with van der Waals surface area (Å²) in [6.45, 7) is 0.